The molecular weight excluding hydrogens is 306 g/mol. The second-order valence-corrected chi connectivity index (χ2v) is 6.32. The first-order valence-corrected chi connectivity index (χ1v) is 8.55. The first-order chi connectivity index (χ1) is 11.7. The lowest BCUT2D eigenvalue weighted by molar-refractivity contribution is -0.0659. The molecule has 1 aliphatic carbocycles. The predicted molar refractivity (Wildman–Crippen MR) is 91.7 cm³/mol. The number of methoxy groups -OCH3 is 1. The van der Waals surface area contributed by atoms with Crippen molar-refractivity contribution in [3.05, 3.63) is 36.4 Å². The van der Waals surface area contributed by atoms with Gasteiger partial charge in [0, 0.05) is 18.7 Å². The number of nitrogens with zero attached hydrogens (tertiary/aromatic N) is 1. The largest absolute Gasteiger partial charge is 0.493 e. The van der Waals surface area contributed by atoms with Crippen LogP contribution in [0, 0.1) is 5.92 Å². The van der Waals surface area contributed by atoms with Crippen molar-refractivity contribution >= 4 is 5.91 Å². The Labute approximate surface area is 143 Å². The van der Waals surface area contributed by atoms with Crippen molar-refractivity contribution < 1.29 is 19.0 Å². The highest BCUT2D eigenvalue weighted by atomic mass is 16.5. The topological polar surface area (TPSA) is 48.0 Å². The highest BCUT2D eigenvalue weighted by Gasteiger charge is 2.33. The van der Waals surface area contributed by atoms with Gasteiger partial charge in [-0.25, -0.2) is 0 Å². The van der Waals surface area contributed by atoms with Crippen molar-refractivity contribution in [2.75, 3.05) is 33.4 Å². The number of hydrogen-bond donors (Lipinski definition) is 0. The average Bonchev–Trinajstić information content (AvgIpc) is 2.58. The van der Waals surface area contributed by atoms with Crippen LogP contribution in [0.4, 0.5) is 0 Å². The molecule has 0 radical (unpaired) electrons. The van der Waals surface area contributed by atoms with E-state index in [1.54, 1.807) is 31.4 Å². The van der Waals surface area contributed by atoms with Gasteiger partial charge in [-0.3, -0.25) is 4.79 Å². The van der Waals surface area contributed by atoms with Gasteiger partial charge < -0.3 is 19.1 Å². The maximum absolute atomic E-state index is 12.8. The Hall–Kier alpha value is -2.01. The highest BCUT2D eigenvalue weighted by Crippen LogP contribution is 2.33. The van der Waals surface area contributed by atoms with Crippen molar-refractivity contribution in [3.8, 4) is 11.5 Å². The van der Waals surface area contributed by atoms with Crippen LogP contribution < -0.4 is 9.47 Å². The number of hydrogen-bond acceptors (Lipinski definition) is 4. The van der Waals surface area contributed by atoms with Crippen LogP contribution in [0.1, 0.15) is 29.6 Å². The lowest BCUT2D eigenvalue weighted by atomic mass is 9.80. The minimum absolute atomic E-state index is 0.0243. The van der Waals surface area contributed by atoms with Gasteiger partial charge >= 0.3 is 0 Å². The minimum atomic E-state index is 0.0243. The van der Waals surface area contributed by atoms with Gasteiger partial charge in [0.05, 0.1) is 19.8 Å². The molecule has 1 aliphatic heterocycles. The molecule has 0 unspecified atom stereocenters. The van der Waals surface area contributed by atoms with Crippen molar-refractivity contribution in [1.29, 1.82) is 0 Å². The number of amides is 1. The normalized spacial score (nSPS) is 21.0. The third kappa shape index (κ3) is 3.56. The van der Waals surface area contributed by atoms with E-state index in [0.717, 1.165) is 0 Å². The fourth-order valence-corrected chi connectivity index (χ4v) is 3.21. The summed E-state index contributed by atoms with van der Waals surface area (Å²) in [7, 11) is 1.58. The Morgan fingerprint density at radius 1 is 1.42 bits per heavy atom. The van der Waals surface area contributed by atoms with E-state index >= 15 is 0 Å². The zero-order valence-corrected chi connectivity index (χ0v) is 14.2. The number of benzene rings is 1. The maximum Gasteiger partial charge on any atom is 0.254 e. The summed E-state index contributed by atoms with van der Waals surface area (Å²) in [6.07, 6.45) is 5.58. The SMILES string of the molecule is C=CCOc1ccc(C(=O)N2CCO[C@H](C3CCC3)C2)cc1OC. The van der Waals surface area contributed by atoms with Crippen LogP contribution in [-0.4, -0.2) is 50.3 Å². The molecule has 1 atom stereocenters. The van der Waals surface area contributed by atoms with Gasteiger partial charge in [0.15, 0.2) is 11.5 Å². The summed E-state index contributed by atoms with van der Waals surface area (Å²) in [5, 5.41) is 0. The molecule has 1 amide bonds. The molecule has 5 heteroatoms. The van der Waals surface area contributed by atoms with E-state index in [2.05, 4.69) is 6.58 Å². The van der Waals surface area contributed by atoms with E-state index in [9.17, 15) is 4.79 Å². The molecule has 1 aromatic carbocycles. The molecule has 2 aliphatic rings. The van der Waals surface area contributed by atoms with Crippen molar-refractivity contribution in [2.45, 2.75) is 25.4 Å². The molecular formula is C19H25NO4. The molecule has 0 spiro atoms. The highest BCUT2D eigenvalue weighted by molar-refractivity contribution is 5.95. The molecule has 5 nitrogen and oxygen atoms in total. The lowest BCUT2D eigenvalue weighted by Crippen LogP contribution is -2.49. The third-order valence-corrected chi connectivity index (χ3v) is 4.82. The van der Waals surface area contributed by atoms with E-state index in [-0.39, 0.29) is 12.0 Å². The van der Waals surface area contributed by atoms with E-state index in [0.29, 0.717) is 49.3 Å². The molecule has 0 bridgehead atoms. The van der Waals surface area contributed by atoms with Gasteiger partial charge in [-0.1, -0.05) is 19.1 Å². The fourth-order valence-electron chi connectivity index (χ4n) is 3.21. The third-order valence-electron chi connectivity index (χ3n) is 4.82. The summed E-state index contributed by atoms with van der Waals surface area (Å²) in [6, 6.07) is 5.31. The van der Waals surface area contributed by atoms with Gasteiger partial charge in [-0.2, -0.15) is 0 Å². The lowest BCUT2D eigenvalue weighted by Gasteiger charge is -2.40. The van der Waals surface area contributed by atoms with Crippen LogP contribution >= 0.6 is 0 Å². The minimum Gasteiger partial charge on any atom is -0.493 e. The zero-order chi connectivity index (χ0) is 16.9. The van der Waals surface area contributed by atoms with Gasteiger partial charge in [-0.05, 0) is 37.0 Å². The summed E-state index contributed by atoms with van der Waals surface area (Å²) in [5.41, 5.74) is 0.618. The smallest absolute Gasteiger partial charge is 0.254 e. The van der Waals surface area contributed by atoms with Crippen LogP contribution in [0.3, 0.4) is 0 Å². The van der Waals surface area contributed by atoms with Crippen LogP contribution in [-0.2, 0) is 4.74 Å². The van der Waals surface area contributed by atoms with Crippen LogP contribution in [0.15, 0.2) is 30.9 Å². The fraction of sp³-hybridized carbons (Fsp3) is 0.526. The second-order valence-electron chi connectivity index (χ2n) is 6.32. The summed E-state index contributed by atoms with van der Waals surface area (Å²) in [6.45, 7) is 5.97. The molecule has 1 heterocycles. The zero-order valence-electron chi connectivity index (χ0n) is 14.2. The molecule has 130 valence electrons. The number of ether oxygens (including phenoxy) is 3. The van der Waals surface area contributed by atoms with Gasteiger partial charge in [0.25, 0.3) is 5.91 Å². The van der Waals surface area contributed by atoms with Gasteiger partial charge in [-0.15, -0.1) is 0 Å². The molecule has 1 saturated carbocycles. The molecule has 0 N–H and O–H groups in total. The Bertz CT molecular complexity index is 597. The van der Waals surface area contributed by atoms with Crippen LogP contribution in [0.2, 0.25) is 0 Å². The van der Waals surface area contributed by atoms with E-state index in [4.69, 9.17) is 14.2 Å². The van der Waals surface area contributed by atoms with Crippen molar-refractivity contribution in [2.24, 2.45) is 5.92 Å². The summed E-state index contributed by atoms with van der Waals surface area (Å²) >= 11 is 0. The molecule has 1 saturated heterocycles. The maximum atomic E-state index is 12.8. The number of morpholine rings is 1. The Kier molecular flexibility index (Phi) is 5.41. The number of rotatable bonds is 6. The Balaban J connectivity index is 1.70. The second kappa shape index (κ2) is 7.71. The first kappa shape index (κ1) is 16.8. The van der Waals surface area contributed by atoms with Gasteiger partial charge in [0.1, 0.15) is 6.61 Å². The average molecular weight is 331 g/mol. The van der Waals surface area contributed by atoms with Crippen LogP contribution in [0.5, 0.6) is 11.5 Å². The van der Waals surface area contributed by atoms with Crippen molar-refractivity contribution in [3.63, 3.8) is 0 Å². The molecule has 2 fully saturated rings. The Morgan fingerprint density at radius 2 is 2.25 bits per heavy atom. The summed E-state index contributed by atoms with van der Waals surface area (Å²) < 4.78 is 16.8. The molecule has 24 heavy (non-hydrogen) atoms. The first-order valence-electron chi connectivity index (χ1n) is 8.55. The monoisotopic (exact) mass is 331 g/mol. The van der Waals surface area contributed by atoms with E-state index in [1.165, 1.54) is 19.3 Å². The number of carbonyl (C=O) groups excluding carboxylic acids is 1. The molecule has 0 aromatic heterocycles. The summed E-state index contributed by atoms with van der Waals surface area (Å²) in [5.74, 6) is 1.82. The van der Waals surface area contributed by atoms with Crippen molar-refractivity contribution in [1.82, 2.24) is 4.90 Å². The van der Waals surface area contributed by atoms with Gasteiger partial charge in [0.2, 0.25) is 0 Å². The molecule has 1 aromatic rings. The number of carbonyl (C=O) groups is 1. The van der Waals surface area contributed by atoms with Crippen LogP contribution in [0.25, 0.3) is 0 Å². The quantitative estimate of drug-likeness (QED) is 0.752. The predicted octanol–water partition coefficient (Wildman–Crippen LogP) is 2.90. The summed E-state index contributed by atoms with van der Waals surface area (Å²) in [4.78, 5) is 14.7. The molecule has 3 rings (SSSR count). The van der Waals surface area contributed by atoms with E-state index in [1.807, 2.05) is 4.90 Å². The standard InChI is InChI=1S/C19H25NO4/c1-3-10-23-16-8-7-15(12-17(16)22-2)19(21)20-9-11-24-18(13-20)14-5-4-6-14/h3,7-8,12,14,18H,1,4-6,9-11,13H2,2H3/t18-/m0/s1. The Morgan fingerprint density at radius 3 is 2.92 bits per heavy atom. The van der Waals surface area contributed by atoms with E-state index < -0.39 is 0 Å².